The second-order valence-electron chi connectivity index (χ2n) is 17.2. The third-order valence-electron chi connectivity index (χ3n) is 13.0. The highest BCUT2D eigenvalue weighted by Gasteiger charge is 2.34. The Hall–Kier alpha value is -6.49. The first kappa shape index (κ1) is 41.5. The summed E-state index contributed by atoms with van der Waals surface area (Å²) < 4.78 is 41.4. The minimum atomic E-state index is -4.57. The van der Waals surface area contributed by atoms with Crippen LogP contribution in [0.1, 0.15) is 59.1 Å². The van der Waals surface area contributed by atoms with Crippen molar-refractivity contribution in [1.82, 2.24) is 19.6 Å². The highest BCUT2D eigenvalue weighted by molar-refractivity contribution is 7.90. The number of aromatic nitrogens is 2. The summed E-state index contributed by atoms with van der Waals surface area (Å²) in [6.45, 7) is 5.12. The van der Waals surface area contributed by atoms with Gasteiger partial charge in [-0.2, -0.15) is 4.98 Å². The maximum absolute atomic E-state index is 14.3. The van der Waals surface area contributed by atoms with Gasteiger partial charge < -0.3 is 34.5 Å². The summed E-state index contributed by atoms with van der Waals surface area (Å²) in [5.74, 6) is 0.391. The lowest BCUT2D eigenvalue weighted by molar-refractivity contribution is -0.384. The molecule has 1 unspecified atom stereocenters. The van der Waals surface area contributed by atoms with E-state index in [0.29, 0.717) is 55.1 Å². The minimum Gasteiger partial charge on any atom is -0.474 e. The van der Waals surface area contributed by atoms with Crippen LogP contribution in [-0.4, -0.2) is 93.7 Å². The highest BCUT2D eigenvalue weighted by atomic mass is 32.2. The highest BCUT2D eigenvalue weighted by Crippen LogP contribution is 2.45. The van der Waals surface area contributed by atoms with Crippen molar-refractivity contribution in [2.45, 2.75) is 42.5 Å². The molecule has 16 heteroatoms. The van der Waals surface area contributed by atoms with E-state index in [2.05, 4.69) is 80.4 Å². The number of hydrogen-bond acceptors (Lipinski definition) is 12. The number of H-pyrrole nitrogens is 1. The number of nitro groups is 1. The number of hydrogen-bond donors (Lipinski definition) is 3. The van der Waals surface area contributed by atoms with E-state index < -0.39 is 31.4 Å². The van der Waals surface area contributed by atoms with Crippen LogP contribution in [0.25, 0.3) is 22.2 Å². The average molecular weight is 883 g/mol. The molecular weight excluding hydrogens is 833 g/mol. The van der Waals surface area contributed by atoms with Crippen molar-refractivity contribution >= 4 is 55.4 Å². The number of nitrogens with zero attached hydrogens (tertiary/aromatic N) is 5. The zero-order valence-electron chi connectivity index (χ0n) is 35.5. The maximum Gasteiger partial charge on any atom is 0.293 e. The lowest BCUT2D eigenvalue weighted by Crippen LogP contribution is -2.47. The van der Waals surface area contributed by atoms with Gasteiger partial charge in [0.05, 0.1) is 33.7 Å². The van der Waals surface area contributed by atoms with Crippen molar-refractivity contribution in [2.24, 2.45) is 5.92 Å². The number of anilines is 4. The molecule has 4 aromatic carbocycles. The molecular formula is C48H50N8O7S. The van der Waals surface area contributed by atoms with Gasteiger partial charge in [0.1, 0.15) is 23.6 Å². The lowest BCUT2D eigenvalue weighted by atomic mass is 9.93. The Labute approximate surface area is 371 Å². The van der Waals surface area contributed by atoms with Crippen molar-refractivity contribution in [3.05, 3.63) is 130 Å². The van der Waals surface area contributed by atoms with Crippen molar-refractivity contribution < 1.29 is 27.6 Å². The van der Waals surface area contributed by atoms with Crippen LogP contribution in [0.15, 0.2) is 108 Å². The SMILES string of the molecule is CN1CCN(c2ccc(-c3ccc(C(=O)NS(=O)(=O)c4ccc(NCC5CCOCC5)c([N+](=O)[O-])c4)c(N4CCOc5nc6[nH]ccc6cc54)c3)cc2)C(c2ccccc2C2CC2)C1. The van der Waals surface area contributed by atoms with Crippen LogP contribution >= 0.6 is 0 Å². The van der Waals surface area contributed by atoms with Gasteiger partial charge in [-0.1, -0.05) is 42.5 Å². The zero-order chi connectivity index (χ0) is 44.0. The van der Waals surface area contributed by atoms with Crippen LogP contribution < -0.4 is 24.6 Å². The van der Waals surface area contributed by atoms with Gasteiger partial charge in [-0.25, -0.2) is 13.1 Å². The molecule has 3 fully saturated rings. The van der Waals surface area contributed by atoms with E-state index in [1.54, 1.807) is 12.3 Å². The maximum atomic E-state index is 14.3. The van der Waals surface area contributed by atoms with Crippen LogP contribution in [-0.2, 0) is 14.8 Å². The molecule has 5 heterocycles. The zero-order valence-corrected chi connectivity index (χ0v) is 36.4. The van der Waals surface area contributed by atoms with E-state index in [1.807, 2.05) is 29.2 Å². The normalized spacial score (nSPS) is 18.4. The van der Waals surface area contributed by atoms with Crippen molar-refractivity contribution in [1.29, 1.82) is 0 Å². The first-order valence-electron chi connectivity index (χ1n) is 21.9. The smallest absolute Gasteiger partial charge is 0.293 e. The number of ether oxygens (including phenoxy) is 2. The van der Waals surface area contributed by atoms with Gasteiger partial charge in [0.25, 0.3) is 21.6 Å². The fourth-order valence-corrected chi connectivity index (χ4v) is 10.3. The Morgan fingerprint density at radius 1 is 0.875 bits per heavy atom. The second kappa shape index (κ2) is 17.2. The van der Waals surface area contributed by atoms with Gasteiger partial charge in [-0.3, -0.25) is 14.9 Å². The summed E-state index contributed by atoms with van der Waals surface area (Å²) in [5, 5.41) is 16.1. The van der Waals surface area contributed by atoms with E-state index in [9.17, 15) is 23.3 Å². The van der Waals surface area contributed by atoms with Crippen molar-refractivity contribution in [2.75, 3.05) is 74.7 Å². The number of nitrogens with one attached hydrogen (secondary N) is 3. The van der Waals surface area contributed by atoms with Gasteiger partial charge in [0, 0.05) is 62.7 Å². The Morgan fingerprint density at radius 3 is 2.44 bits per heavy atom. The third kappa shape index (κ3) is 8.35. The van der Waals surface area contributed by atoms with Crippen molar-refractivity contribution in [3.8, 4) is 17.0 Å². The van der Waals surface area contributed by atoms with Crippen LogP contribution in [0.2, 0.25) is 0 Å². The molecule has 1 aliphatic carbocycles. The molecule has 4 aliphatic rings. The summed E-state index contributed by atoms with van der Waals surface area (Å²) in [6, 6.07) is 30.4. The van der Waals surface area contributed by atoms with Crippen LogP contribution in [0.5, 0.6) is 5.88 Å². The molecule has 3 aliphatic heterocycles. The number of amides is 1. The molecule has 2 aromatic heterocycles. The van der Waals surface area contributed by atoms with Gasteiger partial charge in [0.2, 0.25) is 5.88 Å². The predicted molar refractivity (Wildman–Crippen MR) is 246 cm³/mol. The predicted octanol–water partition coefficient (Wildman–Crippen LogP) is 8.00. The van der Waals surface area contributed by atoms with E-state index in [1.165, 1.54) is 36.1 Å². The fourth-order valence-electron chi connectivity index (χ4n) is 9.32. The topological polar surface area (TPSA) is 175 Å². The van der Waals surface area contributed by atoms with Gasteiger partial charge in [0.15, 0.2) is 0 Å². The molecule has 0 spiro atoms. The number of rotatable bonds is 12. The van der Waals surface area contributed by atoms with Gasteiger partial charge in [-0.05, 0) is 115 Å². The number of benzene rings is 4. The molecule has 1 saturated carbocycles. The quantitative estimate of drug-likeness (QED) is 0.0800. The molecule has 330 valence electrons. The molecule has 15 nitrogen and oxygen atoms in total. The molecule has 0 radical (unpaired) electrons. The molecule has 6 aromatic rings. The molecule has 1 amide bonds. The molecule has 64 heavy (non-hydrogen) atoms. The molecule has 0 bridgehead atoms. The molecule has 2 saturated heterocycles. The number of piperazine rings is 1. The number of sulfonamides is 1. The molecule has 10 rings (SSSR count). The monoisotopic (exact) mass is 882 g/mol. The number of carbonyl (C=O) groups excluding carboxylic acids is 1. The number of pyridine rings is 1. The van der Waals surface area contributed by atoms with E-state index in [0.717, 1.165) is 60.7 Å². The Bertz CT molecular complexity index is 2840. The third-order valence-corrected chi connectivity index (χ3v) is 14.3. The number of aromatic amines is 1. The Kier molecular flexibility index (Phi) is 11.2. The lowest BCUT2D eigenvalue weighted by Gasteiger charge is -2.42. The van der Waals surface area contributed by atoms with Gasteiger partial charge in [-0.15, -0.1) is 0 Å². The van der Waals surface area contributed by atoms with Crippen LogP contribution in [0, 0.1) is 16.0 Å². The largest absolute Gasteiger partial charge is 0.474 e. The Morgan fingerprint density at radius 2 is 1.66 bits per heavy atom. The standard InChI is InChI=1S/C48H50N8O7S/c1-53-20-21-54(45(30-53)39-5-3-2-4-38(39)33-6-7-33)36-11-8-32(9-12-36)34-10-14-40(42(26-34)55-22-25-63-48-44(55)27-35-16-19-49-46(35)51-48)47(57)52-64(60,61)37-13-15-41(43(28-37)56(58)59)50-29-31-17-23-62-24-18-31/h2-5,8-16,19,26-28,31,33,45,50H,6-7,17-18,20-25,29-30H2,1H3,(H,49,51)(H,52,57). The first-order valence-corrected chi connectivity index (χ1v) is 23.4. The summed E-state index contributed by atoms with van der Waals surface area (Å²) in [6.07, 6.45) is 5.92. The number of carbonyl (C=O) groups is 1. The Balaban J connectivity index is 0.967. The molecule has 1 atom stereocenters. The van der Waals surface area contributed by atoms with E-state index in [-0.39, 0.29) is 29.8 Å². The number of fused-ring (bicyclic) bond motifs is 2. The summed E-state index contributed by atoms with van der Waals surface area (Å²) in [7, 11) is -2.39. The number of nitro benzene ring substituents is 1. The van der Waals surface area contributed by atoms with Gasteiger partial charge >= 0.3 is 0 Å². The fraction of sp³-hybridized carbons (Fsp3) is 0.333. The van der Waals surface area contributed by atoms with Crippen LogP contribution in [0.4, 0.5) is 28.4 Å². The van der Waals surface area contributed by atoms with Crippen LogP contribution in [0.3, 0.4) is 0 Å². The average Bonchev–Trinajstić information content (AvgIpc) is 4.07. The summed E-state index contributed by atoms with van der Waals surface area (Å²) in [5.41, 5.74) is 7.31. The minimum absolute atomic E-state index is 0.0878. The molecule has 3 N–H and O–H groups in total. The van der Waals surface area contributed by atoms with E-state index in [4.69, 9.17) is 14.5 Å². The first-order chi connectivity index (χ1) is 31.1. The number of likely N-dealkylation sites (N-methyl/N-ethyl adjacent to an activating group) is 1. The summed E-state index contributed by atoms with van der Waals surface area (Å²) in [4.78, 5) is 40.1. The van der Waals surface area contributed by atoms with Crippen molar-refractivity contribution in [3.63, 3.8) is 0 Å². The summed E-state index contributed by atoms with van der Waals surface area (Å²) >= 11 is 0. The van der Waals surface area contributed by atoms with E-state index >= 15 is 0 Å². The second-order valence-corrected chi connectivity index (χ2v) is 18.9.